The molecule has 0 aromatic rings. The largest absolute Gasteiger partial charge is 0.472 e. The molecule has 0 bridgehead atoms. The number of ether oxygens (including phenoxy) is 6. The van der Waals surface area contributed by atoms with Crippen molar-refractivity contribution >= 4 is 37.2 Å². The van der Waals surface area contributed by atoms with Crippen molar-refractivity contribution in [2.24, 2.45) is 0 Å². The summed E-state index contributed by atoms with van der Waals surface area (Å²) >= 11 is 0. The molecule has 0 aliphatic carbocycles. The molecule has 2 saturated heterocycles. The number of unbranched alkanes of at least 4 members (excludes halogenated alkanes) is 31. The van der Waals surface area contributed by atoms with E-state index in [-0.39, 0.29) is 69.3 Å². The van der Waals surface area contributed by atoms with Crippen molar-refractivity contribution in [2.75, 3.05) is 26.4 Å². The van der Waals surface area contributed by atoms with Crippen LogP contribution in [-0.2, 0) is 61.5 Å². The lowest BCUT2D eigenvalue weighted by Crippen LogP contribution is -2.67. The highest BCUT2D eigenvalue weighted by molar-refractivity contribution is 7.46. The number of allylic oxidation sites excluding steroid dienone is 2. The zero-order valence-electron chi connectivity index (χ0n) is 61.1. The number of phosphoric ester groups is 1. The topological polar surface area (TPSA) is 312 Å². The van der Waals surface area contributed by atoms with E-state index in [0.29, 0.717) is 32.1 Å². The molecule has 97 heavy (non-hydrogen) atoms. The number of phosphoric acid groups is 1. The molecule has 2 aliphatic heterocycles. The van der Waals surface area contributed by atoms with Crippen LogP contribution >= 0.6 is 7.82 Å². The van der Waals surface area contributed by atoms with Crippen molar-refractivity contribution < 1.29 is 91.7 Å². The fourth-order valence-corrected chi connectivity index (χ4v) is 13.3. The predicted molar refractivity (Wildman–Crippen MR) is 379 cm³/mol. The average molecular weight is 1400 g/mol. The summed E-state index contributed by atoms with van der Waals surface area (Å²) in [6, 6.07) is -2.99. The lowest BCUT2D eigenvalue weighted by Gasteiger charge is -2.47. The molecule has 2 heterocycles. The highest BCUT2D eigenvalue weighted by Gasteiger charge is 2.52. The molecule has 0 saturated carbocycles. The van der Waals surface area contributed by atoms with E-state index in [9.17, 15) is 58.8 Å². The van der Waals surface area contributed by atoms with Gasteiger partial charge in [0.05, 0.1) is 38.3 Å². The molecule has 1 unspecified atom stereocenters. The average Bonchev–Trinajstić information content (AvgIpc) is 0.796. The van der Waals surface area contributed by atoms with Gasteiger partial charge in [-0.15, -0.1) is 0 Å². The Labute approximate surface area is 585 Å². The van der Waals surface area contributed by atoms with Crippen LogP contribution in [-0.4, -0.2) is 159 Å². The van der Waals surface area contributed by atoms with Gasteiger partial charge in [-0.05, 0) is 70.6 Å². The SMILES string of the molecule is CCCCCCC=CCCCC(=O)O[C@H](CCCCCCCCC)CCO[C@H]1[C@H](O)[C@@H](CCO)O[C@@H](OCC2O[C@H](OP(=O)(O)O)[C@H](NC(=O)CC(=O)CCCCCCCCCCC)[C@@H](OCC[C@H](O)CCCCCCC)[C@@H]2O)[C@@H]1NC(=O)CC(=O)CCCCCCCCCCC. The van der Waals surface area contributed by atoms with Crippen molar-refractivity contribution in [3.05, 3.63) is 12.2 Å². The maximum absolute atomic E-state index is 14.1. The van der Waals surface area contributed by atoms with Gasteiger partial charge in [-0.3, -0.25) is 28.5 Å². The van der Waals surface area contributed by atoms with Gasteiger partial charge in [0.15, 0.2) is 12.6 Å². The first-order chi connectivity index (χ1) is 46.9. The molecule has 0 radical (unpaired) electrons. The summed E-state index contributed by atoms with van der Waals surface area (Å²) in [5.41, 5.74) is 0. The summed E-state index contributed by atoms with van der Waals surface area (Å²) < 4.78 is 55.8. The fourth-order valence-electron chi connectivity index (χ4n) is 12.8. The van der Waals surface area contributed by atoms with Gasteiger partial charge in [0.2, 0.25) is 11.8 Å². The lowest BCUT2D eigenvalue weighted by atomic mass is 9.94. The highest BCUT2D eigenvalue weighted by Crippen LogP contribution is 2.41. The standard InChI is InChI=1S/C75H139N2O19P/c1-6-11-16-21-25-28-32-36-41-46-60(80)56-65(82)76-68-72(91-55-52-62(48-43-38-31-24-19-14-9-4)93-67(84)49-44-39-34-30-27-23-18-13-8-3)70(85)63(50-53-78)94-74(68)92-58-64-71(86)73(90-54-51-59(79)45-40-35-20-15-10-5)69(75(95-64)96-97(87,88)89)77-66(83)57-61(81)47-42-37-33-29-26-22-17-12-7-2/h30,34,59,62-64,68-75,78-79,85-86H,6-29,31-33,35-58H2,1-5H3,(H,76,82)(H,77,83)(H2,87,88,89)/t59-,62-,63-,64?,68-,69-,70-,71-,72-,73-,74-,75-/m1/s1. The minimum absolute atomic E-state index is 0.0736. The van der Waals surface area contributed by atoms with Crippen LogP contribution in [0.5, 0.6) is 0 Å². The quantitative estimate of drug-likeness (QED) is 0.00922. The zero-order chi connectivity index (χ0) is 71.2. The lowest BCUT2D eigenvalue weighted by molar-refractivity contribution is -0.300. The summed E-state index contributed by atoms with van der Waals surface area (Å²) in [7, 11) is -5.45. The van der Waals surface area contributed by atoms with Gasteiger partial charge in [0.1, 0.15) is 60.3 Å². The number of esters is 1. The Hall–Kier alpha value is -2.76. The minimum atomic E-state index is -5.45. The van der Waals surface area contributed by atoms with E-state index in [2.05, 4.69) is 57.4 Å². The Morgan fingerprint density at radius 1 is 0.474 bits per heavy atom. The number of carbonyl (C=O) groups is 5. The molecule has 2 rings (SSSR count). The first kappa shape index (κ1) is 90.3. The summed E-state index contributed by atoms with van der Waals surface area (Å²) in [6.07, 6.45) is 29.2. The third kappa shape index (κ3) is 45.1. The third-order valence-corrected chi connectivity index (χ3v) is 19.1. The van der Waals surface area contributed by atoms with Gasteiger partial charge in [-0.25, -0.2) is 4.57 Å². The van der Waals surface area contributed by atoms with Gasteiger partial charge in [0, 0.05) is 38.9 Å². The molecule has 0 aromatic carbocycles. The van der Waals surface area contributed by atoms with Gasteiger partial charge < -0.3 is 69.3 Å². The normalized spacial score (nSPS) is 22.0. The number of rotatable bonds is 65. The van der Waals surface area contributed by atoms with E-state index in [4.69, 9.17) is 32.9 Å². The number of aliphatic hydroxyl groups excluding tert-OH is 4. The molecule has 2 aliphatic rings. The monoisotopic (exact) mass is 1400 g/mol. The second-order valence-electron chi connectivity index (χ2n) is 27.6. The van der Waals surface area contributed by atoms with E-state index in [1.807, 2.05) is 0 Å². The van der Waals surface area contributed by atoms with E-state index in [1.165, 1.54) is 77.0 Å². The van der Waals surface area contributed by atoms with Crippen LogP contribution in [0.1, 0.15) is 336 Å². The van der Waals surface area contributed by atoms with Crippen molar-refractivity contribution in [1.82, 2.24) is 10.6 Å². The Bertz CT molecular complexity index is 2070. The number of carbonyl (C=O) groups excluding carboxylic acids is 5. The van der Waals surface area contributed by atoms with Gasteiger partial charge >= 0.3 is 13.8 Å². The molecular weight excluding hydrogens is 1260 g/mol. The van der Waals surface area contributed by atoms with Gasteiger partial charge in [-0.2, -0.15) is 0 Å². The number of aliphatic hydroxyl groups is 4. The molecule has 0 spiro atoms. The number of nitrogens with one attached hydrogen (secondary N) is 2. The van der Waals surface area contributed by atoms with Crippen LogP contribution in [0, 0.1) is 0 Å². The van der Waals surface area contributed by atoms with E-state index in [1.54, 1.807) is 0 Å². The highest BCUT2D eigenvalue weighted by atomic mass is 31.2. The summed E-state index contributed by atoms with van der Waals surface area (Å²) in [5, 5.41) is 51.2. The van der Waals surface area contributed by atoms with Crippen LogP contribution in [0.2, 0.25) is 0 Å². The second kappa shape index (κ2) is 58.7. The molecule has 8 N–H and O–H groups in total. The molecule has 2 amide bonds. The molecule has 2 fully saturated rings. The zero-order valence-corrected chi connectivity index (χ0v) is 62.0. The van der Waals surface area contributed by atoms with Gasteiger partial charge in [-0.1, -0.05) is 239 Å². The number of hydrogen-bond acceptors (Lipinski definition) is 17. The van der Waals surface area contributed by atoms with Gasteiger partial charge in [0.25, 0.3) is 0 Å². The van der Waals surface area contributed by atoms with E-state index >= 15 is 0 Å². The Morgan fingerprint density at radius 3 is 1.35 bits per heavy atom. The predicted octanol–water partition coefficient (Wildman–Crippen LogP) is 14.4. The molecule has 0 aromatic heterocycles. The maximum atomic E-state index is 14.1. The molecular formula is C75H139N2O19P. The summed E-state index contributed by atoms with van der Waals surface area (Å²) in [6.45, 7) is 9.44. The van der Waals surface area contributed by atoms with Crippen molar-refractivity contribution in [1.29, 1.82) is 0 Å². The van der Waals surface area contributed by atoms with Crippen LogP contribution in [0.3, 0.4) is 0 Å². The number of Topliss-reactive ketones (excluding diaryl/α,β-unsaturated/α-hetero) is 2. The third-order valence-electron chi connectivity index (χ3n) is 18.6. The number of hydrogen-bond donors (Lipinski definition) is 8. The first-order valence-corrected chi connectivity index (χ1v) is 40.5. The second-order valence-corrected chi connectivity index (χ2v) is 28.8. The van der Waals surface area contributed by atoms with E-state index < -0.39 is 119 Å². The fraction of sp³-hybridized carbons (Fsp3) is 0.907. The Kier molecular flexibility index (Phi) is 54.7. The molecule has 568 valence electrons. The first-order valence-electron chi connectivity index (χ1n) is 38.9. The van der Waals surface area contributed by atoms with Crippen LogP contribution in [0.25, 0.3) is 0 Å². The maximum Gasteiger partial charge on any atom is 0.472 e. The Morgan fingerprint density at radius 2 is 0.876 bits per heavy atom. The number of amides is 2. The number of ketones is 2. The smallest absolute Gasteiger partial charge is 0.462 e. The van der Waals surface area contributed by atoms with Crippen LogP contribution < -0.4 is 10.6 Å². The Balaban J connectivity index is 2.52. The minimum Gasteiger partial charge on any atom is -0.462 e. The summed E-state index contributed by atoms with van der Waals surface area (Å²) in [4.78, 5) is 88.6. The molecule has 22 heteroatoms. The molecule has 12 atom stereocenters. The summed E-state index contributed by atoms with van der Waals surface area (Å²) in [5.74, 6) is -2.53. The van der Waals surface area contributed by atoms with E-state index in [0.717, 1.165) is 141 Å². The van der Waals surface area contributed by atoms with Crippen molar-refractivity contribution in [3.63, 3.8) is 0 Å². The van der Waals surface area contributed by atoms with Crippen molar-refractivity contribution in [2.45, 2.75) is 410 Å². The molecule has 21 nitrogen and oxygen atoms in total. The van der Waals surface area contributed by atoms with Crippen molar-refractivity contribution in [3.8, 4) is 0 Å². The van der Waals surface area contributed by atoms with Crippen LogP contribution in [0.4, 0.5) is 0 Å². The van der Waals surface area contributed by atoms with Crippen LogP contribution in [0.15, 0.2) is 12.2 Å².